The fraction of sp³-hybridized carbons (Fsp3) is 0.471. The molecular weight excluding hydrogens is 312 g/mol. The van der Waals surface area contributed by atoms with E-state index in [0.29, 0.717) is 11.7 Å². The minimum atomic E-state index is -0.493. The number of hydrogen-bond acceptors (Lipinski definition) is 5. The zero-order valence-corrected chi connectivity index (χ0v) is 14.3. The zero-order valence-electron chi connectivity index (χ0n) is 14.3. The van der Waals surface area contributed by atoms with Crippen LogP contribution in [0.2, 0.25) is 0 Å². The van der Waals surface area contributed by atoms with Crippen molar-refractivity contribution in [2.45, 2.75) is 39.5 Å². The molecule has 0 atom stereocenters. The van der Waals surface area contributed by atoms with Gasteiger partial charge in [0, 0.05) is 6.42 Å². The highest BCUT2D eigenvalue weighted by atomic mass is 16.5. The standard InChI is InChI=1S/C17H24N2O5/c1-4-23-17(22)10-9-15(20)18-19-16(21)11-24-14-7-5-13(6-8-14)12(2)3/h5-8,12H,4,9-11H2,1-3H3,(H,18,20)(H,19,21). The normalized spacial score (nSPS) is 10.2. The first-order valence-corrected chi connectivity index (χ1v) is 7.88. The van der Waals surface area contributed by atoms with Gasteiger partial charge in [0.05, 0.1) is 13.0 Å². The van der Waals surface area contributed by atoms with Gasteiger partial charge in [0.1, 0.15) is 5.75 Å². The van der Waals surface area contributed by atoms with Crippen LogP contribution in [-0.2, 0) is 19.1 Å². The molecule has 7 heteroatoms. The quantitative estimate of drug-likeness (QED) is 0.556. The van der Waals surface area contributed by atoms with Crippen molar-refractivity contribution in [3.8, 4) is 5.75 Å². The number of carbonyl (C=O) groups excluding carboxylic acids is 3. The Kier molecular flexibility index (Phi) is 8.32. The Morgan fingerprint density at radius 3 is 2.21 bits per heavy atom. The summed E-state index contributed by atoms with van der Waals surface area (Å²) >= 11 is 0. The van der Waals surface area contributed by atoms with Gasteiger partial charge in [0.25, 0.3) is 5.91 Å². The van der Waals surface area contributed by atoms with Gasteiger partial charge in [0.15, 0.2) is 6.61 Å². The SMILES string of the molecule is CCOC(=O)CCC(=O)NNC(=O)COc1ccc(C(C)C)cc1. The molecule has 132 valence electrons. The van der Waals surface area contributed by atoms with Crippen LogP contribution in [0.25, 0.3) is 0 Å². The van der Waals surface area contributed by atoms with Gasteiger partial charge in [-0.25, -0.2) is 0 Å². The summed E-state index contributed by atoms with van der Waals surface area (Å²) in [6.07, 6.45) is -0.0924. The number of esters is 1. The first kappa shape index (κ1) is 19.5. The van der Waals surface area contributed by atoms with Crippen LogP contribution in [0, 0.1) is 0 Å². The van der Waals surface area contributed by atoms with Gasteiger partial charge in [0.2, 0.25) is 5.91 Å². The molecular formula is C17H24N2O5. The molecule has 0 aliphatic heterocycles. The van der Waals surface area contributed by atoms with E-state index in [-0.39, 0.29) is 26.1 Å². The van der Waals surface area contributed by atoms with Gasteiger partial charge in [-0.2, -0.15) is 0 Å². The number of ether oxygens (including phenoxy) is 2. The minimum Gasteiger partial charge on any atom is -0.484 e. The molecule has 0 bridgehead atoms. The summed E-state index contributed by atoms with van der Waals surface area (Å²) in [4.78, 5) is 34.2. The van der Waals surface area contributed by atoms with Gasteiger partial charge >= 0.3 is 5.97 Å². The monoisotopic (exact) mass is 336 g/mol. The average Bonchev–Trinajstić information content (AvgIpc) is 2.56. The fourth-order valence-corrected chi connectivity index (χ4v) is 1.78. The molecule has 1 aromatic rings. The van der Waals surface area contributed by atoms with Crippen LogP contribution in [0.4, 0.5) is 0 Å². The van der Waals surface area contributed by atoms with Gasteiger partial charge in [-0.3, -0.25) is 25.2 Å². The molecule has 0 saturated heterocycles. The van der Waals surface area contributed by atoms with Gasteiger partial charge in [-0.15, -0.1) is 0 Å². The van der Waals surface area contributed by atoms with Gasteiger partial charge in [-0.05, 0) is 30.5 Å². The summed E-state index contributed by atoms with van der Waals surface area (Å²) in [5, 5.41) is 0. The number of amides is 2. The predicted molar refractivity (Wildman–Crippen MR) is 88.2 cm³/mol. The summed E-state index contributed by atoms with van der Waals surface area (Å²) in [7, 11) is 0. The van der Waals surface area contributed by atoms with Crippen molar-refractivity contribution >= 4 is 17.8 Å². The van der Waals surface area contributed by atoms with Gasteiger partial charge < -0.3 is 9.47 Å². The molecule has 0 spiro atoms. The van der Waals surface area contributed by atoms with E-state index in [4.69, 9.17) is 9.47 Å². The third-order valence-electron chi connectivity index (χ3n) is 3.12. The van der Waals surface area contributed by atoms with E-state index >= 15 is 0 Å². The van der Waals surface area contributed by atoms with Crippen LogP contribution >= 0.6 is 0 Å². The Morgan fingerprint density at radius 1 is 1.00 bits per heavy atom. The van der Waals surface area contributed by atoms with Crippen molar-refractivity contribution < 1.29 is 23.9 Å². The first-order valence-electron chi connectivity index (χ1n) is 7.88. The zero-order chi connectivity index (χ0) is 17.9. The molecule has 0 aliphatic carbocycles. The highest BCUT2D eigenvalue weighted by Crippen LogP contribution is 2.18. The molecule has 7 nitrogen and oxygen atoms in total. The maximum Gasteiger partial charge on any atom is 0.306 e. The van der Waals surface area contributed by atoms with E-state index < -0.39 is 17.8 Å². The summed E-state index contributed by atoms with van der Waals surface area (Å²) in [6.45, 7) is 5.92. The Balaban J connectivity index is 2.24. The molecule has 0 aromatic heterocycles. The maximum atomic E-state index is 11.6. The Labute approximate surface area is 141 Å². The molecule has 0 radical (unpaired) electrons. The highest BCUT2D eigenvalue weighted by Gasteiger charge is 2.09. The number of benzene rings is 1. The molecule has 0 aliphatic rings. The number of hydrazine groups is 1. The number of rotatable bonds is 8. The molecule has 2 amide bonds. The van der Waals surface area contributed by atoms with E-state index in [2.05, 4.69) is 24.7 Å². The van der Waals surface area contributed by atoms with Crippen LogP contribution in [0.1, 0.15) is 45.1 Å². The smallest absolute Gasteiger partial charge is 0.306 e. The summed E-state index contributed by atoms with van der Waals surface area (Å²) < 4.78 is 10.0. The van der Waals surface area contributed by atoms with Crippen molar-refractivity contribution in [2.24, 2.45) is 0 Å². The van der Waals surface area contributed by atoms with E-state index in [1.807, 2.05) is 12.1 Å². The molecule has 24 heavy (non-hydrogen) atoms. The Hall–Kier alpha value is -2.57. The second-order valence-electron chi connectivity index (χ2n) is 5.41. The second-order valence-corrected chi connectivity index (χ2v) is 5.41. The predicted octanol–water partition coefficient (Wildman–Crippen LogP) is 1.68. The lowest BCUT2D eigenvalue weighted by atomic mass is 10.0. The third kappa shape index (κ3) is 7.62. The summed E-state index contributed by atoms with van der Waals surface area (Å²) in [6, 6.07) is 7.46. The molecule has 0 heterocycles. The topological polar surface area (TPSA) is 93.7 Å². The van der Waals surface area contributed by atoms with Crippen LogP contribution in [0.3, 0.4) is 0 Å². The van der Waals surface area contributed by atoms with E-state index in [0.717, 1.165) is 0 Å². The van der Waals surface area contributed by atoms with Crippen molar-refractivity contribution in [2.75, 3.05) is 13.2 Å². The maximum absolute atomic E-state index is 11.6. The molecule has 1 aromatic carbocycles. The molecule has 1 rings (SSSR count). The van der Waals surface area contributed by atoms with E-state index in [9.17, 15) is 14.4 Å². The lowest BCUT2D eigenvalue weighted by Gasteiger charge is -2.10. The van der Waals surface area contributed by atoms with Crippen molar-refractivity contribution in [1.82, 2.24) is 10.9 Å². The summed E-state index contributed by atoms with van der Waals surface area (Å²) in [5.41, 5.74) is 5.62. The van der Waals surface area contributed by atoms with Crippen molar-refractivity contribution in [3.05, 3.63) is 29.8 Å². The van der Waals surface area contributed by atoms with Crippen LogP contribution in [0.15, 0.2) is 24.3 Å². The third-order valence-corrected chi connectivity index (χ3v) is 3.12. The molecule has 0 saturated carbocycles. The Bertz CT molecular complexity index is 555. The van der Waals surface area contributed by atoms with Crippen LogP contribution in [-0.4, -0.2) is 31.0 Å². The Morgan fingerprint density at radius 2 is 1.62 bits per heavy atom. The lowest BCUT2D eigenvalue weighted by Crippen LogP contribution is -2.43. The molecule has 0 unspecified atom stereocenters. The van der Waals surface area contributed by atoms with E-state index in [1.54, 1.807) is 19.1 Å². The highest BCUT2D eigenvalue weighted by molar-refractivity contribution is 5.84. The lowest BCUT2D eigenvalue weighted by molar-refractivity contribution is -0.144. The number of carbonyl (C=O) groups is 3. The molecule has 0 fully saturated rings. The van der Waals surface area contributed by atoms with E-state index in [1.165, 1.54) is 5.56 Å². The van der Waals surface area contributed by atoms with Crippen LogP contribution in [0.5, 0.6) is 5.75 Å². The molecule has 2 N–H and O–H groups in total. The van der Waals surface area contributed by atoms with Gasteiger partial charge in [-0.1, -0.05) is 26.0 Å². The average molecular weight is 336 g/mol. The fourth-order valence-electron chi connectivity index (χ4n) is 1.78. The number of hydrogen-bond donors (Lipinski definition) is 2. The second kappa shape index (κ2) is 10.3. The summed E-state index contributed by atoms with van der Waals surface area (Å²) in [5.74, 6) is -0.423. The van der Waals surface area contributed by atoms with Crippen molar-refractivity contribution in [1.29, 1.82) is 0 Å². The largest absolute Gasteiger partial charge is 0.484 e. The van der Waals surface area contributed by atoms with Crippen molar-refractivity contribution in [3.63, 3.8) is 0 Å². The first-order chi connectivity index (χ1) is 11.4. The minimum absolute atomic E-state index is 0.0335. The number of nitrogens with one attached hydrogen (secondary N) is 2. The van der Waals surface area contributed by atoms with Crippen LogP contribution < -0.4 is 15.6 Å².